The molecule has 8 nitrogen and oxygen atoms in total. The van der Waals surface area contributed by atoms with Gasteiger partial charge in [0.05, 0.1) is 5.56 Å². The van der Waals surface area contributed by atoms with Gasteiger partial charge in [-0.15, -0.1) is 0 Å². The maximum absolute atomic E-state index is 12.3. The van der Waals surface area contributed by atoms with Crippen LogP contribution in [0.15, 0.2) is 66.7 Å². The zero-order valence-corrected chi connectivity index (χ0v) is 35.3. The van der Waals surface area contributed by atoms with Crippen LogP contribution in [0, 0.1) is 12.8 Å². The van der Waals surface area contributed by atoms with Gasteiger partial charge in [0, 0.05) is 30.9 Å². The lowest BCUT2D eigenvalue weighted by atomic mass is 9.95. The number of nitrogens with one attached hydrogen (secondary N) is 3. The van der Waals surface area contributed by atoms with Crippen LogP contribution in [0.4, 0.5) is 23.7 Å². The number of rotatable bonds is 7. The molecule has 4 aliphatic rings. The molecule has 6 rings (SSSR count). The largest absolute Gasteiger partial charge is 0.483 e. The summed E-state index contributed by atoms with van der Waals surface area (Å²) in [6.07, 6.45) is 16.4. The average Bonchev–Trinajstić information content (AvgIpc) is 3.97. The molecule has 2 saturated heterocycles. The summed E-state index contributed by atoms with van der Waals surface area (Å²) >= 11 is 0. The highest BCUT2D eigenvalue weighted by atomic mass is 19.4. The first-order chi connectivity index (χ1) is 26.8. The van der Waals surface area contributed by atoms with Crippen molar-refractivity contribution in [3.05, 3.63) is 77.9 Å². The van der Waals surface area contributed by atoms with Gasteiger partial charge >= 0.3 is 12.2 Å². The Labute approximate surface area is 337 Å². The van der Waals surface area contributed by atoms with Gasteiger partial charge in [0.1, 0.15) is 0 Å². The second kappa shape index (κ2) is 33.7. The van der Waals surface area contributed by atoms with Gasteiger partial charge in [-0.3, -0.25) is 4.79 Å². The molecule has 2 atom stereocenters. The van der Waals surface area contributed by atoms with E-state index in [1.54, 1.807) is 4.90 Å². The molecule has 2 heterocycles. The summed E-state index contributed by atoms with van der Waals surface area (Å²) in [6.45, 7) is 16.2. The molecule has 2 aliphatic carbocycles. The van der Waals surface area contributed by atoms with E-state index >= 15 is 0 Å². The molecule has 320 valence electrons. The van der Waals surface area contributed by atoms with E-state index in [0.29, 0.717) is 24.8 Å². The van der Waals surface area contributed by atoms with E-state index in [4.69, 9.17) is 15.6 Å². The van der Waals surface area contributed by atoms with Crippen molar-refractivity contribution >= 4 is 18.2 Å². The van der Waals surface area contributed by atoms with E-state index in [1.807, 2.05) is 18.2 Å². The number of hydrogen-bond donors (Lipinski definition) is 5. The second-order valence-corrected chi connectivity index (χ2v) is 14.9. The third kappa shape index (κ3) is 28.9. The number of benzene rings is 2. The van der Waals surface area contributed by atoms with E-state index in [2.05, 4.69) is 69.4 Å². The number of alkyl halides is 3. The number of anilines is 1. The molecule has 2 saturated carbocycles. The van der Waals surface area contributed by atoms with Crippen molar-refractivity contribution in [2.45, 2.75) is 149 Å². The van der Waals surface area contributed by atoms with Gasteiger partial charge in [-0.25, -0.2) is 4.79 Å². The SMILES string of the molecule is C1CCNC1.C=C1CCC1.CCC(C)CCC(N)CC.CNC1CCCCC1.Cc1ccccc1.O=C(Nc1ccc(C(F)(F)F)cc1)N1CCCC1.O=CO. The molecule has 6 N–H and O–H groups in total. The highest BCUT2D eigenvalue weighted by Crippen LogP contribution is 2.30. The number of nitrogens with two attached hydrogens (primary N) is 1. The summed E-state index contributed by atoms with van der Waals surface area (Å²) < 4.78 is 37.0. The average molecular weight is 792 g/mol. The van der Waals surface area contributed by atoms with Crippen LogP contribution in [0.2, 0.25) is 0 Å². The minimum atomic E-state index is -4.35. The minimum absolute atomic E-state index is 0.250. The molecule has 2 unspecified atom stereocenters. The van der Waals surface area contributed by atoms with Gasteiger partial charge in [-0.2, -0.15) is 13.2 Å². The van der Waals surface area contributed by atoms with Crippen LogP contribution in [0.3, 0.4) is 0 Å². The third-order valence-electron chi connectivity index (χ3n) is 10.1. The van der Waals surface area contributed by atoms with Crippen LogP contribution in [-0.4, -0.2) is 67.8 Å². The number of carbonyl (C=O) groups excluding carboxylic acids is 1. The van der Waals surface area contributed by atoms with Crippen LogP contribution in [0.25, 0.3) is 0 Å². The van der Waals surface area contributed by atoms with Gasteiger partial charge in [0.25, 0.3) is 6.47 Å². The Bertz CT molecular complexity index is 1210. The molecule has 0 spiro atoms. The van der Waals surface area contributed by atoms with Crippen molar-refractivity contribution in [2.75, 3.05) is 38.5 Å². The smallest absolute Gasteiger partial charge is 0.416 e. The molecule has 56 heavy (non-hydrogen) atoms. The van der Waals surface area contributed by atoms with E-state index in [9.17, 15) is 18.0 Å². The molecule has 0 bridgehead atoms. The van der Waals surface area contributed by atoms with Crippen LogP contribution < -0.4 is 21.7 Å². The number of amides is 2. The van der Waals surface area contributed by atoms with E-state index in [1.165, 1.54) is 120 Å². The number of carboxylic acid groups (broad SMARTS) is 1. The van der Waals surface area contributed by atoms with Crippen LogP contribution >= 0.6 is 0 Å². The molecule has 0 aromatic heterocycles. The predicted molar refractivity (Wildman–Crippen MR) is 229 cm³/mol. The highest BCUT2D eigenvalue weighted by molar-refractivity contribution is 5.89. The molecule has 2 aromatic rings. The Balaban J connectivity index is 0.000000681. The molecule has 11 heteroatoms. The van der Waals surface area contributed by atoms with Crippen LogP contribution in [0.5, 0.6) is 0 Å². The number of allylic oxidation sites excluding steroid dienone is 1. The second-order valence-electron chi connectivity index (χ2n) is 14.9. The first kappa shape index (κ1) is 52.6. The summed E-state index contributed by atoms with van der Waals surface area (Å²) in [4.78, 5) is 21.7. The Hall–Kier alpha value is -3.41. The number of nitrogens with zero attached hydrogens (tertiary/aromatic N) is 1. The zero-order chi connectivity index (χ0) is 42.0. The van der Waals surface area contributed by atoms with Crippen molar-refractivity contribution in [3.8, 4) is 0 Å². The van der Waals surface area contributed by atoms with E-state index in [0.717, 1.165) is 43.4 Å². The summed E-state index contributed by atoms with van der Waals surface area (Å²) in [5, 5.41) is 16.0. The first-order valence-corrected chi connectivity index (χ1v) is 20.9. The summed E-state index contributed by atoms with van der Waals surface area (Å²) in [5.41, 5.74) is 8.19. The molecule has 2 aliphatic heterocycles. The van der Waals surface area contributed by atoms with E-state index in [-0.39, 0.29) is 12.5 Å². The zero-order valence-electron chi connectivity index (χ0n) is 35.3. The number of aryl methyl sites for hydroxylation is 1. The van der Waals surface area contributed by atoms with Crippen molar-refractivity contribution in [2.24, 2.45) is 11.7 Å². The van der Waals surface area contributed by atoms with Gasteiger partial charge in [0.15, 0.2) is 0 Å². The molecule has 4 fully saturated rings. The fourth-order valence-corrected chi connectivity index (χ4v) is 5.75. The van der Waals surface area contributed by atoms with Gasteiger partial charge < -0.3 is 31.7 Å². The Morgan fingerprint density at radius 2 is 1.45 bits per heavy atom. The van der Waals surface area contributed by atoms with Crippen molar-refractivity contribution in [1.29, 1.82) is 0 Å². The fourth-order valence-electron chi connectivity index (χ4n) is 5.75. The molecular formula is C45H76F3N5O3. The van der Waals surface area contributed by atoms with Crippen LogP contribution in [-0.2, 0) is 11.0 Å². The molecule has 2 aromatic carbocycles. The van der Waals surface area contributed by atoms with Gasteiger partial charge in [0.2, 0.25) is 0 Å². The molecule has 0 radical (unpaired) electrons. The topological polar surface area (TPSA) is 120 Å². The van der Waals surface area contributed by atoms with Gasteiger partial charge in [-0.1, -0.05) is 94.5 Å². The van der Waals surface area contributed by atoms with E-state index < -0.39 is 11.7 Å². The van der Waals surface area contributed by atoms with Crippen LogP contribution in [0.1, 0.15) is 135 Å². The fraction of sp³-hybridized carbons (Fsp3) is 0.644. The molecular weight excluding hydrogens is 716 g/mol. The monoisotopic (exact) mass is 792 g/mol. The Morgan fingerprint density at radius 1 is 0.911 bits per heavy atom. The first-order valence-electron chi connectivity index (χ1n) is 20.9. The van der Waals surface area contributed by atoms with Crippen molar-refractivity contribution < 1.29 is 27.9 Å². The number of urea groups is 1. The lowest BCUT2D eigenvalue weighted by molar-refractivity contribution is -0.137. The maximum Gasteiger partial charge on any atom is 0.416 e. The number of halogens is 3. The number of hydrogen-bond acceptors (Lipinski definition) is 5. The quantitative estimate of drug-likeness (QED) is 0.141. The number of likely N-dealkylation sites (tertiary alicyclic amines) is 1. The summed E-state index contributed by atoms with van der Waals surface area (Å²) in [5.74, 6) is 0.859. The lowest BCUT2D eigenvalue weighted by Crippen LogP contribution is -2.32. The predicted octanol–water partition coefficient (Wildman–Crippen LogP) is 11.2. The summed E-state index contributed by atoms with van der Waals surface area (Å²) in [7, 11) is 2.07. The Kier molecular flexibility index (Phi) is 31.7. The molecule has 2 amide bonds. The number of carbonyl (C=O) groups is 2. The van der Waals surface area contributed by atoms with Crippen molar-refractivity contribution in [3.63, 3.8) is 0 Å². The highest BCUT2D eigenvalue weighted by Gasteiger charge is 2.30. The lowest BCUT2D eigenvalue weighted by Gasteiger charge is -2.20. The Morgan fingerprint density at radius 3 is 1.79 bits per heavy atom. The minimum Gasteiger partial charge on any atom is -0.483 e. The van der Waals surface area contributed by atoms with Crippen molar-refractivity contribution in [1.82, 2.24) is 15.5 Å². The third-order valence-corrected chi connectivity index (χ3v) is 10.1. The van der Waals surface area contributed by atoms with Gasteiger partial charge in [-0.05, 0) is 134 Å². The normalized spacial score (nSPS) is 16.9. The standard InChI is InChI=1S/C12H13F3N2O.C9H21N.C7H15N.C7H8.C5H8.C4H9N.CH2O2/c13-12(14,15)9-3-5-10(6-4-9)16-11(18)17-7-1-2-8-17;1-4-8(3)6-7-9(10)5-2;1-8-7-5-3-2-4-6-7;1-7-5-3-2-4-6-7;1-5-3-2-4-5;1-2-4-5-3-1;2-1-3/h3-6H,1-2,7-8H2,(H,16,18);8-9H,4-7,10H2,1-3H3;7-8H,2-6H2,1H3;2-6H,1H3;1-4H2;5H,1-4H2;1H,(H,2,3). The summed E-state index contributed by atoms with van der Waals surface area (Å²) in [6, 6.07) is 15.7. The maximum atomic E-state index is 12.3.